The van der Waals surface area contributed by atoms with E-state index in [1.807, 2.05) is 30.3 Å². The number of hydrogen-bond donors (Lipinski definition) is 1. The van der Waals surface area contributed by atoms with Gasteiger partial charge in [-0.3, -0.25) is 9.59 Å². The Hall–Kier alpha value is -1.98. The number of ether oxygens (including phenoxy) is 1. The third-order valence-electron chi connectivity index (χ3n) is 4.44. The SMILES string of the molecule is O=C(COC(=O)CSc1ccc2c(c1)CCC2)NCCc1ccc(Cl)cc1. The number of hydrogen-bond acceptors (Lipinski definition) is 4. The molecular formula is C21H22ClNO3S. The van der Waals surface area contributed by atoms with Gasteiger partial charge in [0.2, 0.25) is 0 Å². The minimum absolute atomic E-state index is 0.205. The molecule has 4 nitrogen and oxygen atoms in total. The molecule has 2 aromatic rings. The van der Waals surface area contributed by atoms with Crippen molar-refractivity contribution in [2.75, 3.05) is 18.9 Å². The topological polar surface area (TPSA) is 55.4 Å². The highest BCUT2D eigenvalue weighted by Crippen LogP contribution is 2.27. The molecule has 27 heavy (non-hydrogen) atoms. The lowest BCUT2D eigenvalue weighted by Gasteiger charge is -2.07. The quantitative estimate of drug-likeness (QED) is 0.537. The van der Waals surface area contributed by atoms with E-state index in [9.17, 15) is 9.59 Å². The van der Waals surface area contributed by atoms with E-state index in [1.165, 1.54) is 29.3 Å². The van der Waals surface area contributed by atoms with Crippen LogP contribution in [0.1, 0.15) is 23.1 Å². The number of fused-ring (bicyclic) bond motifs is 1. The highest BCUT2D eigenvalue weighted by molar-refractivity contribution is 8.00. The van der Waals surface area contributed by atoms with Crippen LogP contribution in [0.25, 0.3) is 0 Å². The van der Waals surface area contributed by atoms with Crippen molar-refractivity contribution in [3.8, 4) is 0 Å². The van der Waals surface area contributed by atoms with Crippen LogP contribution in [-0.4, -0.2) is 30.8 Å². The van der Waals surface area contributed by atoms with Crippen molar-refractivity contribution in [2.24, 2.45) is 0 Å². The number of rotatable bonds is 8. The van der Waals surface area contributed by atoms with E-state index in [0.29, 0.717) is 18.0 Å². The maximum absolute atomic E-state index is 11.8. The van der Waals surface area contributed by atoms with Crippen molar-refractivity contribution in [3.05, 3.63) is 64.2 Å². The van der Waals surface area contributed by atoms with Crippen molar-refractivity contribution >= 4 is 35.2 Å². The number of thioether (sulfide) groups is 1. The molecule has 2 aromatic carbocycles. The molecule has 6 heteroatoms. The molecule has 0 radical (unpaired) electrons. The van der Waals surface area contributed by atoms with Crippen LogP contribution in [0.3, 0.4) is 0 Å². The fourth-order valence-corrected chi connectivity index (χ4v) is 3.90. The first-order chi connectivity index (χ1) is 13.1. The first-order valence-electron chi connectivity index (χ1n) is 9.01. The summed E-state index contributed by atoms with van der Waals surface area (Å²) in [6, 6.07) is 13.8. The molecule has 1 aliphatic rings. The molecule has 0 unspecified atom stereocenters. The standard InChI is InChI=1S/C21H22ClNO3S/c22-18-7-4-15(5-8-18)10-11-23-20(24)13-26-21(25)14-27-19-9-6-16-2-1-3-17(16)12-19/h4-9,12H,1-3,10-11,13-14H2,(H,23,24). The van der Waals surface area contributed by atoms with Gasteiger partial charge in [0.1, 0.15) is 0 Å². The third-order valence-corrected chi connectivity index (χ3v) is 5.66. The zero-order valence-corrected chi connectivity index (χ0v) is 16.6. The minimum Gasteiger partial charge on any atom is -0.455 e. The van der Waals surface area contributed by atoms with Crippen LogP contribution < -0.4 is 5.32 Å². The second-order valence-corrected chi connectivity index (χ2v) is 7.95. The van der Waals surface area contributed by atoms with Gasteiger partial charge in [0.05, 0.1) is 5.75 Å². The van der Waals surface area contributed by atoms with Crippen LogP contribution in [0.15, 0.2) is 47.4 Å². The van der Waals surface area contributed by atoms with Crippen molar-refractivity contribution < 1.29 is 14.3 Å². The first-order valence-corrected chi connectivity index (χ1v) is 10.4. The fourth-order valence-electron chi connectivity index (χ4n) is 3.02. The first kappa shape index (κ1) is 19.8. The van der Waals surface area contributed by atoms with Gasteiger partial charge in [-0.15, -0.1) is 11.8 Å². The molecule has 1 aliphatic carbocycles. The van der Waals surface area contributed by atoms with Crippen LogP contribution in [-0.2, 0) is 33.6 Å². The third kappa shape index (κ3) is 6.29. The Balaban J connectivity index is 1.31. The van der Waals surface area contributed by atoms with Crippen LogP contribution in [0.2, 0.25) is 5.02 Å². The highest BCUT2D eigenvalue weighted by Gasteiger charge is 2.12. The monoisotopic (exact) mass is 403 g/mol. The number of carbonyl (C=O) groups is 2. The summed E-state index contributed by atoms with van der Waals surface area (Å²) in [7, 11) is 0. The zero-order valence-electron chi connectivity index (χ0n) is 15.0. The molecular weight excluding hydrogens is 382 g/mol. The second kappa shape index (κ2) is 9.81. The van der Waals surface area contributed by atoms with Crippen LogP contribution >= 0.6 is 23.4 Å². The van der Waals surface area contributed by atoms with Crippen molar-refractivity contribution in [3.63, 3.8) is 0 Å². The Labute approximate surface area is 168 Å². The summed E-state index contributed by atoms with van der Waals surface area (Å²) in [5.41, 5.74) is 3.88. The van der Waals surface area contributed by atoms with Crippen LogP contribution in [0.4, 0.5) is 0 Å². The van der Waals surface area contributed by atoms with Gasteiger partial charge < -0.3 is 10.1 Å². The highest BCUT2D eigenvalue weighted by atomic mass is 35.5. The van der Waals surface area contributed by atoms with E-state index in [-0.39, 0.29) is 24.2 Å². The molecule has 0 saturated heterocycles. The number of aryl methyl sites for hydroxylation is 2. The van der Waals surface area contributed by atoms with E-state index in [1.54, 1.807) is 0 Å². The van der Waals surface area contributed by atoms with E-state index in [0.717, 1.165) is 23.3 Å². The van der Waals surface area contributed by atoms with Gasteiger partial charge in [0.15, 0.2) is 6.61 Å². The molecule has 0 spiro atoms. The van der Waals surface area contributed by atoms with E-state index in [2.05, 4.69) is 17.4 Å². The van der Waals surface area contributed by atoms with Crippen molar-refractivity contribution in [1.29, 1.82) is 0 Å². The molecule has 0 bridgehead atoms. The molecule has 0 aliphatic heterocycles. The maximum atomic E-state index is 11.8. The number of carbonyl (C=O) groups excluding carboxylic acids is 2. The molecule has 3 rings (SSSR count). The van der Waals surface area contributed by atoms with Crippen LogP contribution in [0.5, 0.6) is 0 Å². The summed E-state index contributed by atoms with van der Waals surface area (Å²) in [6.07, 6.45) is 4.17. The fraction of sp³-hybridized carbons (Fsp3) is 0.333. The number of nitrogens with one attached hydrogen (secondary N) is 1. The van der Waals surface area contributed by atoms with Crippen LogP contribution in [0, 0.1) is 0 Å². The minimum atomic E-state index is -0.381. The summed E-state index contributed by atoms with van der Waals surface area (Å²) in [6.45, 7) is 0.242. The normalized spacial score (nSPS) is 12.5. The molecule has 0 fully saturated rings. The number of amides is 1. The molecule has 0 atom stereocenters. The molecule has 1 amide bonds. The Morgan fingerprint density at radius 3 is 2.67 bits per heavy atom. The maximum Gasteiger partial charge on any atom is 0.316 e. The lowest BCUT2D eigenvalue weighted by molar-refractivity contribution is -0.145. The predicted octanol–water partition coefficient (Wildman–Crippen LogP) is 3.82. The molecule has 0 aromatic heterocycles. The average molecular weight is 404 g/mol. The Morgan fingerprint density at radius 2 is 1.85 bits per heavy atom. The van der Waals surface area contributed by atoms with Gasteiger partial charge in [0.25, 0.3) is 5.91 Å². The molecule has 142 valence electrons. The van der Waals surface area contributed by atoms with E-state index in [4.69, 9.17) is 16.3 Å². The lowest BCUT2D eigenvalue weighted by Crippen LogP contribution is -2.30. The summed E-state index contributed by atoms with van der Waals surface area (Å²) in [5, 5.41) is 3.43. The van der Waals surface area contributed by atoms with E-state index < -0.39 is 0 Å². The van der Waals surface area contributed by atoms with Gasteiger partial charge in [0, 0.05) is 16.5 Å². The summed E-state index contributed by atoms with van der Waals surface area (Å²) < 4.78 is 5.05. The Bertz CT molecular complexity index is 808. The van der Waals surface area contributed by atoms with Gasteiger partial charge in [-0.05, 0) is 66.6 Å². The number of benzene rings is 2. The Kier molecular flexibility index (Phi) is 7.18. The zero-order chi connectivity index (χ0) is 19.1. The number of esters is 1. The predicted molar refractivity (Wildman–Crippen MR) is 108 cm³/mol. The smallest absolute Gasteiger partial charge is 0.316 e. The molecule has 1 N–H and O–H groups in total. The molecule has 0 saturated carbocycles. The Morgan fingerprint density at radius 1 is 1.07 bits per heavy atom. The van der Waals surface area contributed by atoms with Gasteiger partial charge >= 0.3 is 5.97 Å². The second-order valence-electron chi connectivity index (χ2n) is 6.46. The van der Waals surface area contributed by atoms with E-state index >= 15 is 0 Å². The van der Waals surface area contributed by atoms with Crippen molar-refractivity contribution in [2.45, 2.75) is 30.6 Å². The summed E-state index contributed by atoms with van der Waals surface area (Å²) in [5.74, 6) is -0.468. The lowest BCUT2D eigenvalue weighted by atomic mass is 10.1. The van der Waals surface area contributed by atoms with Gasteiger partial charge in [-0.25, -0.2) is 0 Å². The van der Waals surface area contributed by atoms with Gasteiger partial charge in [-0.1, -0.05) is 29.8 Å². The molecule has 0 heterocycles. The average Bonchev–Trinajstić information content (AvgIpc) is 3.14. The van der Waals surface area contributed by atoms with Crippen molar-refractivity contribution in [1.82, 2.24) is 5.32 Å². The van der Waals surface area contributed by atoms with Gasteiger partial charge in [-0.2, -0.15) is 0 Å². The summed E-state index contributed by atoms with van der Waals surface area (Å²) >= 11 is 7.28. The summed E-state index contributed by atoms with van der Waals surface area (Å²) in [4.78, 5) is 24.7. The largest absolute Gasteiger partial charge is 0.455 e. The number of halogens is 1.